The third-order valence-corrected chi connectivity index (χ3v) is 5.78. The lowest BCUT2D eigenvalue weighted by molar-refractivity contribution is -0.142. The smallest absolute Gasteiger partial charge is 0.339 e. The Hall–Kier alpha value is -1.57. The zero-order valence-electron chi connectivity index (χ0n) is 16.3. The molecule has 2 saturated heterocycles. The van der Waals surface area contributed by atoms with Gasteiger partial charge < -0.3 is 4.90 Å². The Morgan fingerprint density at radius 3 is 2.37 bits per heavy atom. The summed E-state index contributed by atoms with van der Waals surface area (Å²) in [5.41, 5.74) is -0.947. The molecule has 0 aromatic carbocycles. The molecule has 152 valence electrons. The van der Waals surface area contributed by atoms with Gasteiger partial charge in [-0.15, -0.1) is 0 Å². The van der Waals surface area contributed by atoms with Gasteiger partial charge in [0.1, 0.15) is 0 Å². The average molecular weight is 386 g/mol. The largest absolute Gasteiger partial charge is 0.435 e. The van der Waals surface area contributed by atoms with Crippen molar-refractivity contribution in [2.75, 3.05) is 26.2 Å². The van der Waals surface area contributed by atoms with E-state index >= 15 is 0 Å². The van der Waals surface area contributed by atoms with Gasteiger partial charge in [-0.3, -0.25) is 14.4 Å². The van der Waals surface area contributed by atoms with Crippen LogP contribution in [-0.2, 0) is 6.18 Å². The van der Waals surface area contributed by atoms with Crippen LogP contribution in [0, 0.1) is 6.92 Å². The lowest BCUT2D eigenvalue weighted by atomic mass is 10.0. The highest BCUT2D eigenvalue weighted by Gasteiger charge is 2.43. The number of hydrogen-bond donors (Lipinski definition) is 0. The molecule has 2 fully saturated rings. The number of hydrogen-bond acceptors (Lipinski definition) is 3. The first-order valence-corrected chi connectivity index (χ1v) is 9.89. The Morgan fingerprint density at radius 1 is 1.11 bits per heavy atom. The fourth-order valence-electron chi connectivity index (χ4n) is 4.24. The van der Waals surface area contributed by atoms with Gasteiger partial charge in [0.05, 0.1) is 11.6 Å². The number of carbonyl (C=O) groups excluding carboxylic acids is 1. The maximum Gasteiger partial charge on any atom is 0.435 e. The van der Waals surface area contributed by atoms with Gasteiger partial charge >= 0.3 is 6.18 Å². The van der Waals surface area contributed by atoms with Gasteiger partial charge in [-0.2, -0.15) is 18.3 Å². The number of nitrogens with zero attached hydrogens (tertiary/aromatic N) is 4. The van der Waals surface area contributed by atoms with Crippen LogP contribution in [0.5, 0.6) is 0 Å². The van der Waals surface area contributed by atoms with E-state index in [4.69, 9.17) is 0 Å². The fraction of sp³-hybridized carbons (Fsp3) is 0.789. The summed E-state index contributed by atoms with van der Waals surface area (Å²) in [6.07, 6.45) is -0.248. The topological polar surface area (TPSA) is 41.4 Å². The molecule has 0 spiro atoms. The normalized spacial score (nSPS) is 22.5. The third kappa shape index (κ3) is 4.15. The van der Waals surface area contributed by atoms with Crippen LogP contribution in [0.25, 0.3) is 0 Å². The van der Waals surface area contributed by atoms with Gasteiger partial charge in [0, 0.05) is 31.4 Å². The van der Waals surface area contributed by atoms with E-state index in [-0.39, 0.29) is 11.6 Å². The molecule has 1 atom stereocenters. The standard InChI is InChI=1S/C19H29F3N4O/c1-13(2)25-11-7-8-15(12-25)26-14(3)16(17(23-26)19(20,21)22)18(27)24-9-5-4-6-10-24/h13,15H,4-12H2,1-3H3. The number of piperidine rings is 2. The number of aromatic nitrogens is 2. The zero-order chi connectivity index (χ0) is 19.8. The summed E-state index contributed by atoms with van der Waals surface area (Å²) >= 11 is 0. The number of amides is 1. The molecule has 3 rings (SSSR count). The van der Waals surface area contributed by atoms with E-state index in [1.807, 2.05) is 0 Å². The van der Waals surface area contributed by atoms with Crippen molar-refractivity contribution in [1.82, 2.24) is 19.6 Å². The second-order valence-electron chi connectivity index (χ2n) is 7.99. The zero-order valence-corrected chi connectivity index (χ0v) is 16.3. The van der Waals surface area contributed by atoms with Crippen molar-refractivity contribution in [1.29, 1.82) is 0 Å². The fourth-order valence-corrected chi connectivity index (χ4v) is 4.24. The molecular weight excluding hydrogens is 357 g/mol. The summed E-state index contributed by atoms with van der Waals surface area (Å²) in [6.45, 7) is 8.43. The van der Waals surface area contributed by atoms with Crippen LogP contribution < -0.4 is 0 Å². The minimum absolute atomic E-state index is 0.134. The van der Waals surface area contributed by atoms with E-state index in [0.29, 0.717) is 31.4 Å². The van der Waals surface area contributed by atoms with Crippen LogP contribution in [0.4, 0.5) is 13.2 Å². The summed E-state index contributed by atoms with van der Waals surface area (Å²) in [7, 11) is 0. The van der Waals surface area contributed by atoms with Crippen molar-refractivity contribution in [2.45, 2.75) is 71.1 Å². The number of carbonyl (C=O) groups is 1. The summed E-state index contributed by atoms with van der Waals surface area (Å²) < 4.78 is 42.5. The van der Waals surface area contributed by atoms with E-state index in [1.54, 1.807) is 11.8 Å². The van der Waals surface area contributed by atoms with E-state index in [9.17, 15) is 18.0 Å². The van der Waals surface area contributed by atoms with Crippen LogP contribution in [0.1, 0.15) is 73.7 Å². The Bertz CT molecular complexity index is 677. The molecule has 1 unspecified atom stereocenters. The lowest BCUT2D eigenvalue weighted by Gasteiger charge is -2.36. The van der Waals surface area contributed by atoms with Crippen molar-refractivity contribution in [3.8, 4) is 0 Å². The highest BCUT2D eigenvalue weighted by Crippen LogP contribution is 2.36. The first-order valence-electron chi connectivity index (χ1n) is 9.89. The highest BCUT2D eigenvalue weighted by atomic mass is 19.4. The van der Waals surface area contributed by atoms with Gasteiger partial charge in [0.15, 0.2) is 5.69 Å². The van der Waals surface area contributed by atoms with Gasteiger partial charge in [-0.25, -0.2) is 0 Å². The Morgan fingerprint density at radius 2 is 1.78 bits per heavy atom. The minimum atomic E-state index is -4.64. The van der Waals surface area contributed by atoms with Crippen LogP contribution >= 0.6 is 0 Å². The second kappa shape index (κ2) is 7.81. The Labute approximate surface area is 158 Å². The van der Waals surface area contributed by atoms with E-state index in [1.165, 1.54) is 4.68 Å². The molecule has 1 amide bonds. The van der Waals surface area contributed by atoms with Crippen LogP contribution in [0.3, 0.4) is 0 Å². The summed E-state index contributed by atoms with van der Waals surface area (Å²) in [5, 5.41) is 3.93. The molecule has 0 radical (unpaired) electrons. The monoisotopic (exact) mass is 386 g/mol. The van der Waals surface area contributed by atoms with Crippen LogP contribution in [-0.4, -0.2) is 57.7 Å². The first kappa shape index (κ1) is 20.2. The van der Waals surface area contributed by atoms with Crippen molar-refractivity contribution in [3.05, 3.63) is 17.0 Å². The average Bonchev–Trinajstić information content (AvgIpc) is 2.99. The van der Waals surface area contributed by atoms with Crippen molar-refractivity contribution >= 4 is 5.91 Å². The first-order chi connectivity index (χ1) is 12.7. The number of likely N-dealkylation sites (tertiary alicyclic amines) is 2. The quantitative estimate of drug-likeness (QED) is 0.792. The van der Waals surface area contributed by atoms with E-state index < -0.39 is 17.8 Å². The molecule has 0 saturated carbocycles. The molecule has 0 N–H and O–H groups in total. The van der Waals surface area contributed by atoms with Gasteiger partial charge in [-0.1, -0.05) is 0 Å². The Kier molecular flexibility index (Phi) is 5.84. The predicted octanol–water partition coefficient (Wildman–Crippen LogP) is 3.88. The predicted molar refractivity (Wildman–Crippen MR) is 96.7 cm³/mol. The molecule has 0 aliphatic carbocycles. The highest BCUT2D eigenvalue weighted by molar-refractivity contribution is 5.96. The second-order valence-corrected chi connectivity index (χ2v) is 7.99. The van der Waals surface area contributed by atoms with Crippen LogP contribution in [0.2, 0.25) is 0 Å². The molecule has 5 nitrogen and oxygen atoms in total. The third-order valence-electron chi connectivity index (χ3n) is 5.78. The van der Waals surface area contributed by atoms with Gasteiger partial charge in [0.2, 0.25) is 0 Å². The number of rotatable bonds is 3. The lowest BCUT2D eigenvalue weighted by Crippen LogP contribution is -2.41. The Balaban J connectivity index is 1.96. The molecule has 8 heteroatoms. The van der Waals surface area contributed by atoms with Crippen molar-refractivity contribution in [3.63, 3.8) is 0 Å². The molecule has 27 heavy (non-hydrogen) atoms. The molecule has 0 bridgehead atoms. The van der Waals surface area contributed by atoms with Gasteiger partial charge in [0.25, 0.3) is 5.91 Å². The SMILES string of the molecule is Cc1c(C(=O)N2CCCCC2)c(C(F)(F)F)nn1C1CCCN(C(C)C)C1. The molecular formula is C19H29F3N4O. The van der Waals surface area contributed by atoms with E-state index in [0.717, 1.165) is 38.6 Å². The summed E-state index contributed by atoms with van der Waals surface area (Å²) in [6, 6.07) is 0.199. The van der Waals surface area contributed by atoms with Crippen molar-refractivity contribution < 1.29 is 18.0 Å². The molecule has 2 aliphatic rings. The number of alkyl halides is 3. The summed E-state index contributed by atoms with van der Waals surface area (Å²) in [5.74, 6) is -0.526. The minimum Gasteiger partial charge on any atom is -0.339 e. The van der Waals surface area contributed by atoms with E-state index in [2.05, 4.69) is 23.8 Å². The maximum atomic E-state index is 13.7. The molecule has 2 aliphatic heterocycles. The summed E-state index contributed by atoms with van der Waals surface area (Å²) in [4.78, 5) is 16.7. The molecule has 3 heterocycles. The van der Waals surface area contributed by atoms with Crippen LogP contribution in [0.15, 0.2) is 0 Å². The maximum absolute atomic E-state index is 13.7. The number of halogens is 3. The molecule has 1 aromatic rings. The van der Waals surface area contributed by atoms with Gasteiger partial charge in [-0.05, 0) is 59.4 Å². The molecule has 1 aromatic heterocycles. The van der Waals surface area contributed by atoms with Crippen molar-refractivity contribution in [2.24, 2.45) is 0 Å².